The fourth-order valence-electron chi connectivity index (χ4n) is 3.23. The van der Waals surface area contributed by atoms with E-state index in [1.165, 1.54) is 32.6 Å². The predicted octanol–water partition coefficient (Wildman–Crippen LogP) is 0.938. The Bertz CT molecular complexity index is 1320. The number of ether oxygens (including phenoxy) is 1. The Morgan fingerprint density at radius 2 is 2.10 bits per heavy atom. The fraction of sp³-hybridized carbons (Fsp3) is 0.333. The zero-order chi connectivity index (χ0) is 21.4. The molecule has 5 rings (SSSR count). The van der Waals surface area contributed by atoms with Crippen molar-refractivity contribution in [2.24, 2.45) is 7.05 Å². The minimum absolute atomic E-state index is 0.162. The standard InChI is InChI=1S/C18H19N7O4S2/c1-23-10-13(9-19-23)18-20-14(12-30-18)11-29-25-17-8-15(2-3-16(17)21-22-25)31(26,27)24-4-6-28-7-5-24/h2-3,8-10,12H,4-7,11H2,1H3. The van der Waals surface area contributed by atoms with Crippen LogP contribution in [0.4, 0.5) is 0 Å². The van der Waals surface area contributed by atoms with Crippen molar-refractivity contribution < 1.29 is 18.0 Å². The largest absolute Gasteiger partial charge is 0.388 e. The van der Waals surface area contributed by atoms with Gasteiger partial charge in [0.2, 0.25) is 10.0 Å². The smallest absolute Gasteiger partial charge is 0.243 e. The molecule has 0 aliphatic carbocycles. The molecule has 0 saturated carbocycles. The highest BCUT2D eigenvalue weighted by atomic mass is 32.2. The first-order chi connectivity index (χ1) is 15.0. The van der Waals surface area contributed by atoms with Crippen LogP contribution in [-0.4, -0.2) is 68.9 Å². The second-order valence-corrected chi connectivity index (χ2v) is 9.75. The van der Waals surface area contributed by atoms with E-state index in [0.29, 0.717) is 37.3 Å². The Morgan fingerprint density at radius 1 is 1.26 bits per heavy atom. The van der Waals surface area contributed by atoms with E-state index in [1.54, 1.807) is 16.9 Å². The molecular formula is C18H19N7O4S2. The van der Waals surface area contributed by atoms with Crippen molar-refractivity contribution in [2.75, 3.05) is 26.3 Å². The molecule has 1 aliphatic rings. The molecule has 1 aromatic carbocycles. The molecule has 1 saturated heterocycles. The quantitative estimate of drug-likeness (QED) is 0.416. The first-order valence-electron chi connectivity index (χ1n) is 9.51. The molecule has 13 heteroatoms. The number of morpholine rings is 1. The molecular weight excluding hydrogens is 442 g/mol. The summed E-state index contributed by atoms with van der Waals surface area (Å²) in [6, 6.07) is 4.69. The number of rotatable bonds is 6. The molecule has 0 amide bonds. The SMILES string of the molecule is Cn1cc(-c2nc(COn3nnc4ccc(S(=O)(=O)N5CCOCC5)cc43)cs2)cn1. The lowest BCUT2D eigenvalue weighted by Gasteiger charge is -2.26. The third kappa shape index (κ3) is 3.92. The lowest BCUT2D eigenvalue weighted by atomic mass is 10.3. The molecule has 4 heterocycles. The number of thiazole rings is 1. The first kappa shape index (κ1) is 20.1. The van der Waals surface area contributed by atoms with Gasteiger partial charge in [0.25, 0.3) is 0 Å². The van der Waals surface area contributed by atoms with Crippen LogP contribution in [0.3, 0.4) is 0 Å². The maximum absolute atomic E-state index is 12.9. The van der Waals surface area contributed by atoms with Gasteiger partial charge in [-0.05, 0) is 23.4 Å². The van der Waals surface area contributed by atoms with Crippen molar-refractivity contribution in [3.8, 4) is 10.6 Å². The third-order valence-corrected chi connectivity index (χ3v) is 7.67. The van der Waals surface area contributed by atoms with Crippen LogP contribution >= 0.6 is 11.3 Å². The average molecular weight is 462 g/mol. The van der Waals surface area contributed by atoms with Gasteiger partial charge in [-0.1, -0.05) is 4.85 Å². The van der Waals surface area contributed by atoms with Crippen molar-refractivity contribution in [1.82, 2.24) is 34.2 Å². The summed E-state index contributed by atoms with van der Waals surface area (Å²) in [6.07, 6.45) is 3.65. The van der Waals surface area contributed by atoms with Crippen molar-refractivity contribution in [2.45, 2.75) is 11.5 Å². The molecule has 11 nitrogen and oxygen atoms in total. The summed E-state index contributed by atoms with van der Waals surface area (Å²) < 4.78 is 34.3. The number of aryl methyl sites for hydroxylation is 1. The van der Waals surface area contributed by atoms with E-state index < -0.39 is 10.0 Å². The monoisotopic (exact) mass is 461 g/mol. The molecule has 0 unspecified atom stereocenters. The number of fused-ring (bicyclic) bond motifs is 1. The summed E-state index contributed by atoms with van der Waals surface area (Å²) in [5.74, 6) is 0. The Hall–Kier alpha value is -2.87. The highest BCUT2D eigenvalue weighted by Crippen LogP contribution is 2.24. The van der Waals surface area contributed by atoms with Gasteiger partial charge in [0.15, 0.2) is 6.61 Å². The lowest BCUT2D eigenvalue weighted by Crippen LogP contribution is -2.40. The van der Waals surface area contributed by atoms with Crippen molar-refractivity contribution >= 4 is 32.4 Å². The zero-order valence-electron chi connectivity index (χ0n) is 16.6. The van der Waals surface area contributed by atoms with Crippen molar-refractivity contribution in [1.29, 1.82) is 0 Å². The maximum Gasteiger partial charge on any atom is 0.243 e. The number of sulfonamides is 1. The lowest BCUT2D eigenvalue weighted by molar-refractivity contribution is 0.0726. The van der Waals surface area contributed by atoms with Gasteiger partial charge in [-0.3, -0.25) is 4.68 Å². The molecule has 162 valence electrons. The number of aromatic nitrogens is 6. The fourth-order valence-corrected chi connectivity index (χ4v) is 5.44. The van der Waals surface area contributed by atoms with E-state index in [2.05, 4.69) is 20.4 Å². The number of benzene rings is 1. The molecule has 0 atom stereocenters. The highest BCUT2D eigenvalue weighted by molar-refractivity contribution is 7.89. The van der Waals surface area contributed by atoms with Crippen LogP contribution in [0.1, 0.15) is 5.69 Å². The molecule has 4 aromatic rings. The summed E-state index contributed by atoms with van der Waals surface area (Å²) in [4.78, 5) is 11.7. The van der Waals surface area contributed by atoms with Crippen LogP contribution in [0.25, 0.3) is 21.6 Å². The van der Waals surface area contributed by atoms with E-state index >= 15 is 0 Å². The molecule has 0 bridgehead atoms. The molecule has 1 aliphatic heterocycles. The average Bonchev–Trinajstić information content (AvgIpc) is 3.52. The molecule has 1 fully saturated rings. The molecule has 0 radical (unpaired) electrons. The van der Waals surface area contributed by atoms with Gasteiger partial charge < -0.3 is 9.57 Å². The number of hydrogen-bond acceptors (Lipinski definition) is 9. The van der Waals surface area contributed by atoms with E-state index in [0.717, 1.165) is 16.3 Å². The van der Waals surface area contributed by atoms with E-state index in [4.69, 9.17) is 9.57 Å². The van der Waals surface area contributed by atoms with E-state index in [9.17, 15) is 8.42 Å². The molecule has 0 N–H and O–H groups in total. The predicted molar refractivity (Wildman–Crippen MR) is 112 cm³/mol. The maximum atomic E-state index is 12.9. The Balaban J connectivity index is 1.36. The van der Waals surface area contributed by atoms with E-state index in [1.807, 2.05) is 18.6 Å². The summed E-state index contributed by atoms with van der Waals surface area (Å²) in [5, 5.41) is 14.9. The van der Waals surface area contributed by atoms with Gasteiger partial charge in [-0.15, -0.1) is 16.4 Å². The number of hydrogen-bond donors (Lipinski definition) is 0. The van der Waals surface area contributed by atoms with Crippen LogP contribution in [0.15, 0.2) is 40.9 Å². The minimum Gasteiger partial charge on any atom is -0.388 e. The van der Waals surface area contributed by atoms with E-state index in [-0.39, 0.29) is 11.5 Å². The van der Waals surface area contributed by atoms with Crippen LogP contribution < -0.4 is 4.84 Å². The Labute approximate surface area is 181 Å². The summed E-state index contributed by atoms with van der Waals surface area (Å²) >= 11 is 1.49. The topological polar surface area (TPSA) is 117 Å². The molecule has 3 aromatic heterocycles. The zero-order valence-corrected chi connectivity index (χ0v) is 18.2. The normalized spacial score (nSPS) is 15.5. The summed E-state index contributed by atoms with van der Waals surface area (Å²) in [7, 11) is -1.78. The van der Waals surface area contributed by atoms with Gasteiger partial charge in [-0.25, -0.2) is 13.4 Å². The summed E-state index contributed by atoms with van der Waals surface area (Å²) in [6.45, 7) is 1.60. The second kappa shape index (κ2) is 8.00. The van der Waals surface area contributed by atoms with Crippen LogP contribution in [-0.2, 0) is 28.4 Å². The van der Waals surface area contributed by atoms with Gasteiger partial charge in [0.05, 0.1) is 30.0 Å². The van der Waals surface area contributed by atoms with Gasteiger partial charge in [-0.2, -0.15) is 9.40 Å². The molecule has 0 spiro atoms. The minimum atomic E-state index is -3.63. The van der Waals surface area contributed by atoms with Gasteiger partial charge in [0.1, 0.15) is 16.0 Å². The van der Waals surface area contributed by atoms with Gasteiger partial charge >= 0.3 is 0 Å². The van der Waals surface area contributed by atoms with Crippen molar-refractivity contribution in [3.63, 3.8) is 0 Å². The first-order valence-corrected chi connectivity index (χ1v) is 11.8. The third-order valence-electron chi connectivity index (χ3n) is 4.83. The van der Waals surface area contributed by atoms with Crippen LogP contribution in [0.2, 0.25) is 0 Å². The van der Waals surface area contributed by atoms with Gasteiger partial charge in [0, 0.05) is 37.3 Å². The summed E-state index contributed by atoms with van der Waals surface area (Å²) in [5.41, 5.74) is 2.67. The Morgan fingerprint density at radius 3 is 2.87 bits per heavy atom. The van der Waals surface area contributed by atoms with Crippen LogP contribution in [0, 0.1) is 0 Å². The van der Waals surface area contributed by atoms with Crippen LogP contribution in [0.5, 0.6) is 0 Å². The highest BCUT2D eigenvalue weighted by Gasteiger charge is 2.27. The Kier molecular flexibility index (Phi) is 5.17. The molecule has 31 heavy (non-hydrogen) atoms. The van der Waals surface area contributed by atoms with Crippen molar-refractivity contribution in [3.05, 3.63) is 41.7 Å². The number of nitrogens with zero attached hydrogens (tertiary/aromatic N) is 7. The second-order valence-electron chi connectivity index (χ2n) is 6.95.